The highest BCUT2D eigenvalue weighted by atomic mass is 32.2. The van der Waals surface area contributed by atoms with Crippen molar-refractivity contribution in [2.45, 2.75) is 37.3 Å². The van der Waals surface area contributed by atoms with E-state index in [1.54, 1.807) is 18.2 Å². The second-order valence-electron chi connectivity index (χ2n) is 7.59. The quantitative estimate of drug-likeness (QED) is 0.630. The molecule has 4 rings (SSSR count). The molecule has 1 N–H and O–H groups in total. The number of amides is 1. The van der Waals surface area contributed by atoms with Crippen LogP contribution in [-0.4, -0.2) is 50.6 Å². The molecule has 1 atom stereocenters. The summed E-state index contributed by atoms with van der Waals surface area (Å²) in [7, 11) is -3.66. The molecule has 1 saturated heterocycles. The number of benzene rings is 2. The molecule has 0 aromatic heterocycles. The first-order valence-electron chi connectivity index (χ1n) is 10.3. The van der Waals surface area contributed by atoms with Crippen LogP contribution in [0.1, 0.15) is 35.7 Å². The number of carbonyl (C=O) groups is 2. The zero-order valence-corrected chi connectivity index (χ0v) is 18.4. The topological polar surface area (TPSA) is 111 Å². The fourth-order valence-electron chi connectivity index (χ4n) is 3.53. The lowest BCUT2D eigenvalue weighted by Gasteiger charge is -2.16. The van der Waals surface area contributed by atoms with Crippen molar-refractivity contribution in [1.82, 2.24) is 9.62 Å². The lowest BCUT2D eigenvalue weighted by atomic mass is 10.2. The molecule has 2 aliphatic heterocycles. The maximum absolute atomic E-state index is 12.7. The number of nitrogens with one attached hydrogen (secondary N) is 1. The summed E-state index contributed by atoms with van der Waals surface area (Å²) in [6.07, 6.45) is 0.579. The van der Waals surface area contributed by atoms with Crippen molar-refractivity contribution < 1.29 is 32.2 Å². The highest BCUT2D eigenvalue weighted by Crippen LogP contribution is 2.32. The minimum absolute atomic E-state index is 0.0359. The van der Waals surface area contributed by atoms with E-state index in [-0.39, 0.29) is 23.8 Å². The first-order valence-corrected chi connectivity index (χ1v) is 11.8. The van der Waals surface area contributed by atoms with Crippen molar-refractivity contribution in [2.24, 2.45) is 0 Å². The van der Waals surface area contributed by atoms with Gasteiger partial charge in [-0.05, 0) is 55.7 Å². The van der Waals surface area contributed by atoms with Crippen LogP contribution in [0.2, 0.25) is 0 Å². The predicted molar refractivity (Wildman–Crippen MR) is 114 cm³/mol. The number of carbonyl (C=O) groups excluding carboxylic acids is 2. The molecule has 9 nitrogen and oxygen atoms in total. The number of hydrogen-bond donors (Lipinski definition) is 1. The van der Waals surface area contributed by atoms with Crippen molar-refractivity contribution in [2.75, 3.05) is 19.9 Å². The Balaban J connectivity index is 1.35. The minimum atomic E-state index is -3.66. The van der Waals surface area contributed by atoms with Gasteiger partial charge in [-0.15, -0.1) is 0 Å². The summed E-state index contributed by atoms with van der Waals surface area (Å²) in [4.78, 5) is 24.9. The third-order valence-electron chi connectivity index (χ3n) is 5.33. The molecule has 1 unspecified atom stereocenters. The monoisotopic (exact) mass is 460 g/mol. The smallest absolute Gasteiger partial charge is 0.338 e. The Kier molecular flexibility index (Phi) is 6.33. The first kappa shape index (κ1) is 22.1. The van der Waals surface area contributed by atoms with Crippen molar-refractivity contribution >= 4 is 21.9 Å². The van der Waals surface area contributed by atoms with Gasteiger partial charge in [-0.2, -0.15) is 4.31 Å². The molecule has 0 bridgehead atoms. The van der Waals surface area contributed by atoms with Gasteiger partial charge in [0, 0.05) is 19.6 Å². The third kappa shape index (κ3) is 4.71. The maximum Gasteiger partial charge on any atom is 0.338 e. The number of esters is 1. The van der Waals surface area contributed by atoms with Crippen LogP contribution < -0.4 is 14.8 Å². The molecule has 0 spiro atoms. The van der Waals surface area contributed by atoms with Gasteiger partial charge < -0.3 is 19.5 Å². The number of rotatable bonds is 7. The van der Waals surface area contributed by atoms with E-state index in [0.717, 1.165) is 18.4 Å². The lowest BCUT2D eigenvalue weighted by molar-refractivity contribution is -0.129. The molecule has 10 heteroatoms. The van der Waals surface area contributed by atoms with Gasteiger partial charge in [0.05, 0.1) is 10.5 Å². The summed E-state index contributed by atoms with van der Waals surface area (Å²) in [5, 5.41) is 2.70. The van der Waals surface area contributed by atoms with Gasteiger partial charge in [0.2, 0.25) is 16.8 Å². The maximum atomic E-state index is 12.7. The van der Waals surface area contributed by atoms with Gasteiger partial charge in [-0.3, -0.25) is 4.79 Å². The second-order valence-corrected chi connectivity index (χ2v) is 9.53. The molecule has 0 aliphatic carbocycles. The molecule has 1 amide bonds. The van der Waals surface area contributed by atoms with E-state index < -0.39 is 28.0 Å². The van der Waals surface area contributed by atoms with Crippen molar-refractivity contribution in [1.29, 1.82) is 0 Å². The molecule has 2 heterocycles. The summed E-state index contributed by atoms with van der Waals surface area (Å²) in [5.41, 5.74) is 0.877. The average molecular weight is 461 g/mol. The van der Waals surface area contributed by atoms with Crippen molar-refractivity contribution in [3.8, 4) is 11.5 Å². The Labute approximate surface area is 186 Å². The lowest BCUT2D eigenvalue weighted by Crippen LogP contribution is -2.35. The zero-order valence-electron chi connectivity index (χ0n) is 17.6. The highest BCUT2D eigenvalue weighted by molar-refractivity contribution is 7.89. The van der Waals surface area contributed by atoms with Gasteiger partial charge in [-0.1, -0.05) is 12.1 Å². The fraction of sp³-hybridized carbons (Fsp3) is 0.364. The van der Waals surface area contributed by atoms with Gasteiger partial charge in [0.15, 0.2) is 17.6 Å². The standard InChI is InChI=1S/C22H24N2O7S/c1-15(21(25)23-13-16-7-8-19-20(11-16)30-14-29-19)31-22(26)17-5-4-6-18(12-17)32(27,28)24-9-2-3-10-24/h4-8,11-12,15H,2-3,9-10,13-14H2,1H3,(H,23,25). The summed E-state index contributed by atoms with van der Waals surface area (Å²) in [6, 6.07) is 11.0. The Morgan fingerprint density at radius 2 is 1.84 bits per heavy atom. The molecule has 2 aromatic carbocycles. The Bertz CT molecular complexity index is 1130. The molecule has 1 fully saturated rings. The van der Waals surface area contributed by atoms with Crippen LogP contribution in [0.25, 0.3) is 0 Å². The minimum Gasteiger partial charge on any atom is -0.454 e. The van der Waals surface area contributed by atoms with E-state index in [4.69, 9.17) is 14.2 Å². The van der Waals surface area contributed by atoms with Crippen LogP contribution in [-0.2, 0) is 26.1 Å². The Morgan fingerprint density at radius 3 is 2.62 bits per heavy atom. The van der Waals surface area contributed by atoms with E-state index in [1.165, 1.54) is 35.5 Å². The van der Waals surface area contributed by atoms with Crippen molar-refractivity contribution in [3.05, 3.63) is 53.6 Å². The normalized spacial score (nSPS) is 16.5. The summed E-state index contributed by atoms with van der Waals surface area (Å²) in [6.45, 7) is 2.78. The second kappa shape index (κ2) is 9.17. The van der Waals surface area contributed by atoms with Crippen molar-refractivity contribution in [3.63, 3.8) is 0 Å². The molecule has 2 aromatic rings. The van der Waals surface area contributed by atoms with Crippen LogP contribution in [0.4, 0.5) is 0 Å². The summed E-state index contributed by atoms with van der Waals surface area (Å²) in [5.74, 6) is 0.0161. The van der Waals surface area contributed by atoms with Crippen LogP contribution in [0, 0.1) is 0 Å². The van der Waals surface area contributed by atoms with Crippen LogP contribution in [0.3, 0.4) is 0 Å². The van der Waals surface area contributed by atoms with E-state index in [0.29, 0.717) is 24.6 Å². The summed E-state index contributed by atoms with van der Waals surface area (Å²) < 4.78 is 42.7. The molecule has 2 aliphatic rings. The summed E-state index contributed by atoms with van der Waals surface area (Å²) >= 11 is 0. The van der Waals surface area contributed by atoms with Crippen LogP contribution >= 0.6 is 0 Å². The Morgan fingerprint density at radius 1 is 1.09 bits per heavy atom. The number of nitrogens with zero attached hydrogens (tertiary/aromatic N) is 1. The fourth-order valence-corrected chi connectivity index (χ4v) is 5.09. The first-order chi connectivity index (χ1) is 15.3. The number of fused-ring (bicyclic) bond motifs is 1. The van der Waals surface area contributed by atoms with Gasteiger partial charge >= 0.3 is 5.97 Å². The molecule has 0 saturated carbocycles. The van der Waals surface area contributed by atoms with Gasteiger partial charge in [-0.25, -0.2) is 13.2 Å². The third-order valence-corrected chi connectivity index (χ3v) is 7.22. The van der Waals surface area contributed by atoms with Gasteiger partial charge in [0.25, 0.3) is 5.91 Å². The van der Waals surface area contributed by atoms with Crippen LogP contribution in [0.15, 0.2) is 47.4 Å². The zero-order chi connectivity index (χ0) is 22.7. The molecule has 0 radical (unpaired) electrons. The SMILES string of the molecule is CC(OC(=O)c1cccc(S(=O)(=O)N2CCCC2)c1)C(=O)NCc1ccc2c(c1)OCO2. The van der Waals surface area contributed by atoms with E-state index >= 15 is 0 Å². The van der Waals surface area contributed by atoms with E-state index in [2.05, 4.69) is 5.32 Å². The molecule has 32 heavy (non-hydrogen) atoms. The number of sulfonamides is 1. The average Bonchev–Trinajstić information content (AvgIpc) is 3.49. The molecular formula is C22H24N2O7S. The number of ether oxygens (including phenoxy) is 3. The van der Waals surface area contributed by atoms with Gasteiger partial charge in [0.1, 0.15) is 0 Å². The van der Waals surface area contributed by atoms with E-state index in [9.17, 15) is 18.0 Å². The molecular weight excluding hydrogens is 436 g/mol. The Hall–Kier alpha value is -3.11. The predicted octanol–water partition coefficient (Wildman–Crippen LogP) is 2.06. The number of hydrogen-bond acceptors (Lipinski definition) is 7. The largest absolute Gasteiger partial charge is 0.454 e. The van der Waals surface area contributed by atoms with Crippen LogP contribution in [0.5, 0.6) is 11.5 Å². The van der Waals surface area contributed by atoms with E-state index in [1.807, 2.05) is 0 Å². The molecule has 170 valence electrons. The highest BCUT2D eigenvalue weighted by Gasteiger charge is 2.28.